The van der Waals surface area contributed by atoms with E-state index >= 15 is 0 Å². The number of halogens is 1. The van der Waals surface area contributed by atoms with Gasteiger partial charge in [-0.25, -0.2) is 14.0 Å². The van der Waals surface area contributed by atoms with Gasteiger partial charge in [0.1, 0.15) is 5.82 Å². The first-order valence-corrected chi connectivity index (χ1v) is 8.02. The predicted molar refractivity (Wildman–Crippen MR) is 91.3 cm³/mol. The van der Waals surface area contributed by atoms with Crippen LogP contribution in [-0.4, -0.2) is 43.1 Å². The maximum atomic E-state index is 12.9. The molecular weight excluding hydrogens is 311 g/mol. The molecule has 0 spiro atoms. The number of anilines is 1. The van der Waals surface area contributed by atoms with Crippen LogP contribution in [0.4, 0.5) is 19.7 Å². The lowest BCUT2D eigenvalue weighted by Crippen LogP contribution is -2.44. The molecule has 1 aromatic carbocycles. The summed E-state index contributed by atoms with van der Waals surface area (Å²) in [5.74, 6) is 0.0211. The highest BCUT2D eigenvalue weighted by Crippen LogP contribution is 2.18. The van der Waals surface area contributed by atoms with E-state index in [0.717, 1.165) is 12.8 Å². The molecule has 1 fully saturated rings. The lowest BCUT2D eigenvalue weighted by atomic mass is 9.97. The number of nitrogens with one attached hydrogen (secondary N) is 3. The molecule has 7 heteroatoms. The molecule has 0 bridgehead atoms. The highest BCUT2D eigenvalue weighted by molar-refractivity contribution is 5.89. The Kier molecular flexibility index (Phi) is 6.60. The number of likely N-dealkylation sites (tertiary alicyclic amines) is 1. The average Bonchev–Trinajstić information content (AvgIpc) is 2.60. The Hall–Kier alpha value is -2.57. The first-order chi connectivity index (χ1) is 11.6. The summed E-state index contributed by atoms with van der Waals surface area (Å²) in [4.78, 5) is 25.4. The minimum atomic E-state index is -0.335. The lowest BCUT2D eigenvalue weighted by Gasteiger charge is -2.32. The zero-order valence-electron chi connectivity index (χ0n) is 13.6. The zero-order valence-corrected chi connectivity index (χ0v) is 13.6. The number of hydrogen-bond donors (Lipinski definition) is 3. The third-order valence-electron chi connectivity index (χ3n) is 3.96. The monoisotopic (exact) mass is 334 g/mol. The van der Waals surface area contributed by atoms with Crippen LogP contribution in [0, 0.1) is 11.7 Å². The summed E-state index contributed by atoms with van der Waals surface area (Å²) in [6.45, 7) is 5.83. The SMILES string of the molecule is C=CCNC(=O)NCC1CCN(C(=O)Nc2ccc(F)cc2)CC1. The molecule has 3 N–H and O–H groups in total. The standard InChI is InChI=1S/C17H23FN4O2/c1-2-9-19-16(23)20-12-13-7-10-22(11-8-13)17(24)21-15-5-3-14(18)4-6-15/h2-6,13H,1,7-12H2,(H,21,24)(H2,19,20,23). The van der Waals surface area contributed by atoms with Gasteiger partial charge >= 0.3 is 12.1 Å². The van der Waals surface area contributed by atoms with Crippen LogP contribution in [0.1, 0.15) is 12.8 Å². The van der Waals surface area contributed by atoms with Crippen LogP contribution < -0.4 is 16.0 Å². The molecule has 130 valence electrons. The van der Waals surface area contributed by atoms with Crippen molar-refractivity contribution in [2.45, 2.75) is 12.8 Å². The van der Waals surface area contributed by atoms with E-state index in [1.165, 1.54) is 24.3 Å². The molecule has 1 aromatic rings. The molecule has 1 saturated heterocycles. The number of benzene rings is 1. The fourth-order valence-electron chi connectivity index (χ4n) is 2.54. The van der Waals surface area contributed by atoms with Crippen molar-refractivity contribution in [2.24, 2.45) is 5.92 Å². The van der Waals surface area contributed by atoms with Crippen LogP contribution in [0.2, 0.25) is 0 Å². The van der Waals surface area contributed by atoms with E-state index in [4.69, 9.17) is 0 Å². The van der Waals surface area contributed by atoms with E-state index in [0.29, 0.717) is 37.8 Å². The lowest BCUT2D eigenvalue weighted by molar-refractivity contribution is 0.181. The number of piperidine rings is 1. The molecule has 0 aromatic heterocycles. The Balaban J connectivity index is 1.70. The normalized spacial score (nSPS) is 14.8. The molecule has 0 saturated carbocycles. The van der Waals surface area contributed by atoms with Gasteiger partial charge in [-0.3, -0.25) is 0 Å². The van der Waals surface area contributed by atoms with E-state index in [1.54, 1.807) is 11.0 Å². The fourth-order valence-corrected chi connectivity index (χ4v) is 2.54. The number of nitrogens with zero attached hydrogens (tertiary/aromatic N) is 1. The van der Waals surface area contributed by atoms with Gasteiger partial charge in [-0.15, -0.1) is 6.58 Å². The quantitative estimate of drug-likeness (QED) is 0.724. The summed E-state index contributed by atoms with van der Waals surface area (Å²) in [5, 5.41) is 8.24. The molecule has 0 aliphatic carbocycles. The number of hydrogen-bond acceptors (Lipinski definition) is 2. The first kappa shape index (κ1) is 17.8. The van der Waals surface area contributed by atoms with Crippen molar-refractivity contribution in [3.8, 4) is 0 Å². The van der Waals surface area contributed by atoms with Crippen LogP contribution >= 0.6 is 0 Å². The third kappa shape index (κ3) is 5.57. The molecule has 6 nitrogen and oxygen atoms in total. The number of carbonyl (C=O) groups is 2. The van der Waals surface area contributed by atoms with E-state index in [1.807, 2.05) is 0 Å². The van der Waals surface area contributed by atoms with E-state index in [2.05, 4.69) is 22.5 Å². The molecule has 1 aliphatic rings. The predicted octanol–water partition coefficient (Wildman–Crippen LogP) is 2.55. The highest BCUT2D eigenvalue weighted by Gasteiger charge is 2.23. The molecule has 0 unspecified atom stereocenters. The number of rotatable bonds is 5. The van der Waals surface area contributed by atoms with Gasteiger partial charge in [0, 0.05) is 31.9 Å². The Morgan fingerprint density at radius 3 is 2.50 bits per heavy atom. The van der Waals surface area contributed by atoms with Gasteiger partial charge in [0.2, 0.25) is 0 Å². The van der Waals surface area contributed by atoms with Crippen molar-refractivity contribution in [3.05, 3.63) is 42.7 Å². The summed E-state index contributed by atoms with van der Waals surface area (Å²) in [5.41, 5.74) is 0.573. The van der Waals surface area contributed by atoms with Gasteiger partial charge in [-0.2, -0.15) is 0 Å². The summed E-state index contributed by atoms with van der Waals surface area (Å²) in [7, 11) is 0. The molecule has 4 amide bonds. The molecule has 0 radical (unpaired) electrons. The Morgan fingerprint density at radius 2 is 1.88 bits per heavy atom. The molecule has 2 rings (SSSR count). The summed E-state index contributed by atoms with van der Waals surface area (Å²) in [6, 6.07) is 5.30. The van der Waals surface area contributed by atoms with Crippen LogP contribution in [-0.2, 0) is 0 Å². The van der Waals surface area contributed by atoms with Gasteiger partial charge < -0.3 is 20.9 Å². The minimum Gasteiger partial charge on any atom is -0.338 e. The summed E-state index contributed by atoms with van der Waals surface area (Å²) < 4.78 is 12.9. The summed E-state index contributed by atoms with van der Waals surface area (Å²) >= 11 is 0. The van der Waals surface area contributed by atoms with Crippen molar-refractivity contribution >= 4 is 17.7 Å². The second-order valence-electron chi connectivity index (χ2n) is 5.75. The van der Waals surface area contributed by atoms with E-state index in [-0.39, 0.29) is 17.9 Å². The second kappa shape index (κ2) is 8.90. The van der Waals surface area contributed by atoms with Gasteiger partial charge in [-0.1, -0.05) is 6.08 Å². The van der Waals surface area contributed by atoms with Crippen molar-refractivity contribution in [2.75, 3.05) is 31.5 Å². The van der Waals surface area contributed by atoms with Crippen LogP contribution in [0.15, 0.2) is 36.9 Å². The maximum Gasteiger partial charge on any atom is 0.321 e. The smallest absolute Gasteiger partial charge is 0.321 e. The topological polar surface area (TPSA) is 73.5 Å². The molecular formula is C17H23FN4O2. The van der Waals surface area contributed by atoms with Crippen LogP contribution in [0.25, 0.3) is 0 Å². The molecule has 1 aliphatic heterocycles. The van der Waals surface area contributed by atoms with Crippen molar-refractivity contribution in [1.29, 1.82) is 0 Å². The van der Waals surface area contributed by atoms with Crippen molar-refractivity contribution < 1.29 is 14.0 Å². The Labute approximate surface area is 141 Å². The Morgan fingerprint density at radius 1 is 1.21 bits per heavy atom. The molecule has 24 heavy (non-hydrogen) atoms. The minimum absolute atomic E-state index is 0.184. The van der Waals surface area contributed by atoms with Gasteiger partial charge in [-0.05, 0) is 43.0 Å². The highest BCUT2D eigenvalue weighted by atomic mass is 19.1. The van der Waals surface area contributed by atoms with Crippen molar-refractivity contribution in [3.63, 3.8) is 0 Å². The average molecular weight is 334 g/mol. The molecule has 1 heterocycles. The van der Waals surface area contributed by atoms with Crippen molar-refractivity contribution in [1.82, 2.24) is 15.5 Å². The van der Waals surface area contributed by atoms with Crippen LogP contribution in [0.5, 0.6) is 0 Å². The summed E-state index contributed by atoms with van der Waals surface area (Å²) in [6.07, 6.45) is 3.29. The van der Waals surface area contributed by atoms with Gasteiger partial charge in [0.25, 0.3) is 0 Å². The Bertz CT molecular complexity index is 568. The van der Waals surface area contributed by atoms with Gasteiger partial charge in [0.15, 0.2) is 0 Å². The second-order valence-corrected chi connectivity index (χ2v) is 5.75. The van der Waals surface area contributed by atoms with E-state index < -0.39 is 0 Å². The third-order valence-corrected chi connectivity index (χ3v) is 3.96. The maximum absolute atomic E-state index is 12.9. The number of carbonyl (C=O) groups excluding carboxylic acids is 2. The van der Waals surface area contributed by atoms with E-state index in [9.17, 15) is 14.0 Å². The number of urea groups is 2. The zero-order chi connectivity index (χ0) is 17.4. The first-order valence-electron chi connectivity index (χ1n) is 8.02. The fraction of sp³-hybridized carbons (Fsp3) is 0.412. The largest absolute Gasteiger partial charge is 0.338 e. The van der Waals surface area contributed by atoms with Crippen LogP contribution in [0.3, 0.4) is 0 Å². The number of amides is 4. The molecule has 0 atom stereocenters. The van der Waals surface area contributed by atoms with Gasteiger partial charge in [0.05, 0.1) is 0 Å².